The van der Waals surface area contributed by atoms with Gasteiger partial charge in [-0.1, -0.05) is 39.5 Å². The molecule has 1 fully saturated rings. The minimum absolute atomic E-state index is 0.0294. The van der Waals surface area contributed by atoms with Crippen LogP contribution in [0.2, 0.25) is 0 Å². The third kappa shape index (κ3) is 5.49. The average molecular weight is 270 g/mol. The number of amides is 1. The molecule has 1 rings (SSSR count). The summed E-state index contributed by atoms with van der Waals surface area (Å²) in [6.07, 6.45) is 6.78. The molecule has 1 atom stereocenters. The second-order valence-electron chi connectivity index (χ2n) is 6.19. The molecule has 0 bridgehead atoms. The zero-order valence-electron chi connectivity index (χ0n) is 12.7. The summed E-state index contributed by atoms with van der Waals surface area (Å²) in [4.78, 5) is 11.9. The number of ether oxygens (including phenoxy) is 1. The first kappa shape index (κ1) is 16.4. The van der Waals surface area contributed by atoms with E-state index >= 15 is 0 Å². The van der Waals surface area contributed by atoms with Crippen molar-refractivity contribution in [2.24, 2.45) is 11.7 Å². The fraction of sp³-hybridized carbons (Fsp3) is 0.933. The first-order valence-corrected chi connectivity index (χ1v) is 7.62. The topological polar surface area (TPSA) is 64.3 Å². The van der Waals surface area contributed by atoms with Crippen molar-refractivity contribution in [1.82, 2.24) is 5.32 Å². The molecule has 0 aliphatic heterocycles. The number of carbonyl (C=O) groups is 1. The number of rotatable bonds is 6. The summed E-state index contributed by atoms with van der Waals surface area (Å²) in [5.74, 6) is 0.406. The minimum Gasteiger partial charge on any atom is -0.364 e. The van der Waals surface area contributed by atoms with Crippen LogP contribution in [0.25, 0.3) is 0 Å². The van der Waals surface area contributed by atoms with Crippen molar-refractivity contribution in [2.75, 3.05) is 13.2 Å². The van der Waals surface area contributed by atoms with Gasteiger partial charge in [-0.15, -0.1) is 0 Å². The molecular weight excluding hydrogens is 240 g/mol. The van der Waals surface area contributed by atoms with Crippen molar-refractivity contribution in [2.45, 2.75) is 70.9 Å². The lowest BCUT2D eigenvalue weighted by molar-refractivity contribution is -0.134. The molecule has 4 heteroatoms. The highest BCUT2D eigenvalue weighted by atomic mass is 16.5. The van der Waals surface area contributed by atoms with E-state index in [0.717, 1.165) is 25.7 Å². The number of hydrogen-bond acceptors (Lipinski definition) is 3. The molecule has 1 unspecified atom stereocenters. The van der Waals surface area contributed by atoms with E-state index < -0.39 is 0 Å². The van der Waals surface area contributed by atoms with Gasteiger partial charge in [-0.2, -0.15) is 0 Å². The third-order valence-electron chi connectivity index (χ3n) is 4.28. The van der Waals surface area contributed by atoms with E-state index in [1.165, 1.54) is 12.8 Å². The van der Waals surface area contributed by atoms with Crippen LogP contribution in [0.4, 0.5) is 0 Å². The van der Waals surface area contributed by atoms with Crippen LogP contribution in [-0.4, -0.2) is 30.7 Å². The summed E-state index contributed by atoms with van der Waals surface area (Å²) in [5, 5.41) is 2.97. The lowest BCUT2D eigenvalue weighted by atomic mass is 9.94. The summed E-state index contributed by atoms with van der Waals surface area (Å²) in [5.41, 5.74) is 5.62. The summed E-state index contributed by atoms with van der Waals surface area (Å²) in [7, 11) is 0. The Labute approximate surface area is 117 Å². The first-order chi connectivity index (χ1) is 8.99. The Hall–Kier alpha value is -0.610. The summed E-state index contributed by atoms with van der Waals surface area (Å²) < 4.78 is 5.91. The maximum Gasteiger partial charge on any atom is 0.246 e. The maximum absolute atomic E-state index is 11.9. The predicted molar refractivity (Wildman–Crippen MR) is 77.9 cm³/mol. The maximum atomic E-state index is 11.9. The molecule has 1 amide bonds. The van der Waals surface area contributed by atoms with Gasteiger partial charge < -0.3 is 15.8 Å². The Morgan fingerprint density at radius 2 is 1.79 bits per heavy atom. The molecule has 3 N–H and O–H groups in total. The fourth-order valence-corrected chi connectivity index (χ4v) is 2.46. The van der Waals surface area contributed by atoms with Crippen molar-refractivity contribution in [1.29, 1.82) is 0 Å². The van der Waals surface area contributed by atoms with Gasteiger partial charge >= 0.3 is 0 Å². The molecule has 19 heavy (non-hydrogen) atoms. The number of nitrogens with two attached hydrogens (primary N) is 1. The van der Waals surface area contributed by atoms with E-state index in [0.29, 0.717) is 12.5 Å². The van der Waals surface area contributed by atoms with E-state index in [9.17, 15) is 4.79 Å². The molecular formula is C15H30N2O2. The van der Waals surface area contributed by atoms with Gasteiger partial charge in [-0.3, -0.25) is 4.79 Å². The molecule has 0 aromatic rings. The van der Waals surface area contributed by atoms with Crippen molar-refractivity contribution < 1.29 is 9.53 Å². The molecule has 0 heterocycles. The zero-order valence-corrected chi connectivity index (χ0v) is 12.7. The molecule has 0 aromatic heterocycles. The summed E-state index contributed by atoms with van der Waals surface area (Å²) in [6, 6.07) is 0.180. The highest BCUT2D eigenvalue weighted by Gasteiger charge is 2.31. The lowest BCUT2D eigenvalue weighted by Crippen LogP contribution is -2.45. The minimum atomic E-state index is -0.269. The molecule has 0 aromatic carbocycles. The monoisotopic (exact) mass is 270 g/mol. The van der Waals surface area contributed by atoms with E-state index in [-0.39, 0.29) is 24.2 Å². The van der Waals surface area contributed by atoms with Crippen molar-refractivity contribution in [3.05, 3.63) is 0 Å². The van der Waals surface area contributed by atoms with Gasteiger partial charge in [0.15, 0.2) is 0 Å². The van der Waals surface area contributed by atoms with Crippen LogP contribution >= 0.6 is 0 Å². The van der Waals surface area contributed by atoms with Crippen LogP contribution < -0.4 is 11.1 Å². The quantitative estimate of drug-likeness (QED) is 0.727. The molecule has 1 saturated carbocycles. The second-order valence-corrected chi connectivity index (χ2v) is 6.19. The smallest absolute Gasteiger partial charge is 0.246 e. The molecule has 1 aliphatic rings. The van der Waals surface area contributed by atoms with Crippen LogP contribution in [0.3, 0.4) is 0 Å². The summed E-state index contributed by atoms with van der Waals surface area (Å²) >= 11 is 0. The summed E-state index contributed by atoms with van der Waals surface area (Å²) in [6.45, 7) is 6.86. The van der Waals surface area contributed by atoms with Crippen molar-refractivity contribution in [3.8, 4) is 0 Å². The first-order valence-electron chi connectivity index (χ1n) is 7.62. The number of hydrogen-bond donors (Lipinski definition) is 2. The number of nitrogens with one attached hydrogen (secondary N) is 1. The van der Waals surface area contributed by atoms with Crippen molar-refractivity contribution in [3.63, 3.8) is 0 Å². The highest BCUT2D eigenvalue weighted by molar-refractivity contribution is 5.77. The van der Waals surface area contributed by atoms with Gasteiger partial charge in [0, 0.05) is 12.6 Å². The Bertz CT molecular complexity index is 271. The molecule has 0 saturated heterocycles. The van der Waals surface area contributed by atoms with Gasteiger partial charge in [0.2, 0.25) is 5.91 Å². The van der Waals surface area contributed by atoms with E-state index in [4.69, 9.17) is 10.5 Å². The lowest BCUT2D eigenvalue weighted by Gasteiger charge is -2.31. The third-order valence-corrected chi connectivity index (χ3v) is 4.28. The van der Waals surface area contributed by atoms with Crippen LogP contribution in [0.15, 0.2) is 0 Å². The molecule has 112 valence electrons. The van der Waals surface area contributed by atoms with Crippen LogP contribution in [0.5, 0.6) is 0 Å². The van der Waals surface area contributed by atoms with Gasteiger partial charge in [0.1, 0.15) is 6.61 Å². The second kappa shape index (κ2) is 7.85. The normalized spacial score (nSPS) is 20.9. The van der Waals surface area contributed by atoms with E-state index in [1.807, 2.05) is 6.92 Å². The van der Waals surface area contributed by atoms with Gasteiger partial charge in [-0.05, 0) is 25.7 Å². The van der Waals surface area contributed by atoms with Crippen LogP contribution in [0, 0.1) is 5.92 Å². The Balaban J connectivity index is 2.41. The van der Waals surface area contributed by atoms with Gasteiger partial charge in [0.25, 0.3) is 0 Å². The average Bonchev–Trinajstić information content (AvgIpc) is 2.62. The Kier molecular flexibility index (Phi) is 6.80. The standard InChI is InChI=1S/C15H30N2O2/c1-12(2)13(3)17-14(18)10-19-15(11-16)8-6-4-5-7-9-15/h12-13H,4-11,16H2,1-3H3,(H,17,18). The van der Waals surface area contributed by atoms with Crippen molar-refractivity contribution >= 4 is 5.91 Å². The van der Waals surface area contributed by atoms with E-state index in [1.54, 1.807) is 0 Å². The van der Waals surface area contributed by atoms with E-state index in [2.05, 4.69) is 19.2 Å². The molecule has 0 radical (unpaired) electrons. The predicted octanol–water partition coefficient (Wildman–Crippen LogP) is 2.22. The van der Waals surface area contributed by atoms with Crippen LogP contribution in [0.1, 0.15) is 59.3 Å². The largest absolute Gasteiger partial charge is 0.364 e. The number of carbonyl (C=O) groups excluding carboxylic acids is 1. The molecule has 0 spiro atoms. The highest BCUT2D eigenvalue weighted by Crippen LogP contribution is 2.29. The Morgan fingerprint density at radius 1 is 1.21 bits per heavy atom. The van der Waals surface area contributed by atoms with Gasteiger partial charge in [0.05, 0.1) is 5.60 Å². The fourth-order valence-electron chi connectivity index (χ4n) is 2.46. The Morgan fingerprint density at radius 3 is 2.26 bits per heavy atom. The zero-order chi connectivity index (χ0) is 14.3. The molecule has 4 nitrogen and oxygen atoms in total. The van der Waals surface area contributed by atoms with Gasteiger partial charge in [-0.25, -0.2) is 0 Å². The van der Waals surface area contributed by atoms with Crippen LogP contribution in [-0.2, 0) is 9.53 Å². The molecule has 1 aliphatic carbocycles. The SMILES string of the molecule is CC(C)C(C)NC(=O)COC1(CN)CCCCCC1.